The van der Waals surface area contributed by atoms with E-state index in [9.17, 15) is 31.2 Å². The molecule has 1 saturated heterocycles. The van der Waals surface area contributed by atoms with E-state index in [4.69, 9.17) is 14.9 Å². The SMILES string of the molecule is O=C(O)C(F)(F)F.O=C1CC(c2ccc(C[C@H](NC(=O)C3CCc4ccccc4C3)c3nc4ccccc4[nH]3)cc2)S(=O)(=O)N1. The predicted octanol–water partition coefficient (Wildman–Crippen LogP) is 4.29. The third-order valence-corrected chi connectivity index (χ3v) is 9.51. The number of alkyl halides is 3. The van der Waals surface area contributed by atoms with Gasteiger partial charge in [-0.05, 0) is 60.1 Å². The van der Waals surface area contributed by atoms with E-state index < -0.39 is 39.4 Å². The third-order valence-electron chi connectivity index (χ3n) is 7.81. The van der Waals surface area contributed by atoms with E-state index in [1.54, 1.807) is 12.1 Å². The summed E-state index contributed by atoms with van der Waals surface area (Å²) in [6.07, 6.45) is -2.29. The van der Waals surface area contributed by atoms with Crippen molar-refractivity contribution in [3.8, 4) is 0 Å². The number of sulfonamides is 1. The molecule has 0 radical (unpaired) electrons. The van der Waals surface area contributed by atoms with Crippen LogP contribution in [0.4, 0.5) is 13.2 Å². The van der Waals surface area contributed by atoms with Gasteiger partial charge in [0.2, 0.25) is 21.8 Å². The van der Waals surface area contributed by atoms with Crippen molar-refractivity contribution in [3.05, 3.63) is 101 Å². The van der Waals surface area contributed by atoms with Crippen LogP contribution in [-0.2, 0) is 43.7 Å². The molecule has 4 aromatic rings. The largest absolute Gasteiger partial charge is 0.490 e. The summed E-state index contributed by atoms with van der Waals surface area (Å²) in [6, 6.07) is 22.8. The zero-order chi connectivity index (χ0) is 32.4. The molecular weight excluding hydrogens is 613 g/mol. The molecule has 1 fully saturated rings. The molecule has 6 rings (SSSR count). The Balaban J connectivity index is 0.000000515. The van der Waals surface area contributed by atoms with Crippen LogP contribution in [-0.4, -0.2) is 47.5 Å². The molecule has 1 aliphatic heterocycles. The van der Waals surface area contributed by atoms with E-state index in [2.05, 4.69) is 27.2 Å². The lowest BCUT2D eigenvalue weighted by Crippen LogP contribution is -2.37. The van der Waals surface area contributed by atoms with E-state index in [1.807, 2.05) is 48.5 Å². The number of hydrogen-bond donors (Lipinski definition) is 4. The number of amides is 2. The van der Waals surface area contributed by atoms with Gasteiger partial charge in [0.1, 0.15) is 11.1 Å². The highest BCUT2D eigenvalue weighted by molar-refractivity contribution is 7.90. The molecule has 4 N–H and O–H groups in total. The highest BCUT2D eigenvalue weighted by Gasteiger charge is 2.39. The van der Waals surface area contributed by atoms with Crippen molar-refractivity contribution in [2.45, 2.75) is 49.6 Å². The number of aryl methyl sites for hydroxylation is 1. The molecule has 2 amide bonds. The molecule has 3 aromatic carbocycles. The molecule has 45 heavy (non-hydrogen) atoms. The first kappa shape index (κ1) is 31.7. The summed E-state index contributed by atoms with van der Waals surface area (Å²) in [5.41, 5.74) is 5.75. The number of H-pyrrole nitrogens is 1. The Morgan fingerprint density at radius 2 is 1.62 bits per heavy atom. The minimum absolute atomic E-state index is 0.00298. The van der Waals surface area contributed by atoms with Crippen molar-refractivity contribution in [1.82, 2.24) is 20.0 Å². The van der Waals surface area contributed by atoms with Crippen molar-refractivity contribution in [1.29, 1.82) is 0 Å². The fourth-order valence-corrected chi connectivity index (χ4v) is 6.94. The standard InChI is InChI=1S/C29H28N4O4S.C2HF3O2/c34-27-17-26(38(36,37)33-27)20-11-9-18(10-12-20)15-25(28-30-23-7-3-4-8-24(23)31-28)32-29(35)22-14-13-19-5-1-2-6-21(19)16-22;3-2(4,5)1(6)7/h1-12,22,25-26H,13-17H2,(H,30,31)(H,32,35)(H,33,34);(H,6,7)/t22?,25-,26?;/m0./s1. The second-order valence-electron chi connectivity index (χ2n) is 10.9. The summed E-state index contributed by atoms with van der Waals surface area (Å²) in [5, 5.41) is 9.49. The third kappa shape index (κ3) is 7.51. The van der Waals surface area contributed by atoms with Gasteiger partial charge in [-0.25, -0.2) is 18.2 Å². The summed E-state index contributed by atoms with van der Waals surface area (Å²) in [4.78, 5) is 42.1. The number of carboxylic acid groups (broad SMARTS) is 1. The van der Waals surface area contributed by atoms with Crippen molar-refractivity contribution in [2.24, 2.45) is 5.92 Å². The number of aromatic nitrogens is 2. The van der Waals surface area contributed by atoms with Crippen LogP contribution in [0.15, 0.2) is 72.8 Å². The number of para-hydroxylation sites is 2. The molecule has 10 nitrogen and oxygen atoms in total. The van der Waals surface area contributed by atoms with Crippen LogP contribution in [0.5, 0.6) is 0 Å². The molecule has 14 heteroatoms. The summed E-state index contributed by atoms with van der Waals surface area (Å²) in [5.74, 6) is -2.68. The molecule has 3 atom stereocenters. The van der Waals surface area contributed by atoms with Gasteiger partial charge in [-0.3, -0.25) is 14.3 Å². The van der Waals surface area contributed by atoms with Gasteiger partial charge in [0, 0.05) is 5.92 Å². The molecule has 0 bridgehead atoms. The van der Waals surface area contributed by atoms with Gasteiger partial charge in [-0.1, -0.05) is 60.7 Å². The summed E-state index contributed by atoms with van der Waals surface area (Å²) >= 11 is 0. The zero-order valence-electron chi connectivity index (χ0n) is 23.7. The molecule has 2 unspecified atom stereocenters. The van der Waals surface area contributed by atoms with E-state index in [-0.39, 0.29) is 18.2 Å². The first-order valence-corrected chi connectivity index (χ1v) is 15.6. The van der Waals surface area contributed by atoms with Gasteiger partial charge < -0.3 is 15.4 Å². The summed E-state index contributed by atoms with van der Waals surface area (Å²) < 4.78 is 58.3. The van der Waals surface area contributed by atoms with Crippen LogP contribution < -0.4 is 10.0 Å². The van der Waals surface area contributed by atoms with E-state index >= 15 is 0 Å². The van der Waals surface area contributed by atoms with Crippen molar-refractivity contribution in [2.75, 3.05) is 0 Å². The number of benzene rings is 3. The smallest absolute Gasteiger partial charge is 0.475 e. The minimum Gasteiger partial charge on any atom is -0.475 e. The average Bonchev–Trinajstić information content (AvgIpc) is 3.55. The Labute approximate surface area is 256 Å². The number of halogens is 3. The number of aliphatic carboxylic acids is 1. The van der Waals surface area contributed by atoms with E-state index in [1.165, 1.54) is 11.1 Å². The maximum Gasteiger partial charge on any atom is 0.490 e. The van der Waals surface area contributed by atoms with Crippen molar-refractivity contribution >= 4 is 38.8 Å². The second-order valence-corrected chi connectivity index (χ2v) is 12.8. The minimum atomic E-state index is -5.08. The zero-order valence-corrected chi connectivity index (χ0v) is 24.5. The first-order chi connectivity index (χ1) is 21.3. The van der Waals surface area contributed by atoms with Crippen LogP contribution in [0.1, 0.15) is 52.2 Å². The molecule has 0 saturated carbocycles. The monoisotopic (exact) mass is 642 g/mol. The predicted molar refractivity (Wildman–Crippen MR) is 157 cm³/mol. The van der Waals surface area contributed by atoms with Gasteiger partial charge in [0.15, 0.2) is 0 Å². The Morgan fingerprint density at radius 1 is 0.978 bits per heavy atom. The van der Waals surface area contributed by atoms with Gasteiger partial charge in [0.25, 0.3) is 0 Å². The molecular formula is C31H29F3N4O6S. The highest BCUT2D eigenvalue weighted by Crippen LogP contribution is 2.31. The van der Waals surface area contributed by atoms with Gasteiger partial charge in [0.05, 0.1) is 23.5 Å². The maximum absolute atomic E-state index is 13.5. The maximum atomic E-state index is 13.5. The lowest BCUT2D eigenvalue weighted by molar-refractivity contribution is -0.192. The van der Waals surface area contributed by atoms with Crippen LogP contribution in [0.25, 0.3) is 11.0 Å². The first-order valence-electron chi connectivity index (χ1n) is 14.1. The van der Waals surface area contributed by atoms with Crippen molar-refractivity contribution < 1.29 is 41.1 Å². The number of carboxylic acids is 1. The number of rotatable bonds is 6. The molecule has 236 valence electrons. The normalized spacial score (nSPS) is 19.5. The Morgan fingerprint density at radius 3 is 2.24 bits per heavy atom. The van der Waals surface area contributed by atoms with Crippen LogP contribution in [0.3, 0.4) is 0 Å². The highest BCUT2D eigenvalue weighted by atomic mass is 32.2. The Kier molecular flexibility index (Phi) is 8.96. The topological polar surface area (TPSA) is 158 Å². The fourth-order valence-electron chi connectivity index (χ4n) is 5.52. The van der Waals surface area contributed by atoms with Crippen LogP contribution in [0, 0.1) is 5.92 Å². The lowest BCUT2D eigenvalue weighted by atomic mass is 9.83. The number of fused-ring (bicyclic) bond motifs is 2. The number of carbonyl (C=O) groups excluding carboxylic acids is 2. The quantitative estimate of drug-likeness (QED) is 0.244. The van der Waals surface area contributed by atoms with Gasteiger partial charge >= 0.3 is 12.1 Å². The van der Waals surface area contributed by atoms with Crippen LogP contribution >= 0.6 is 0 Å². The lowest BCUT2D eigenvalue weighted by Gasteiger charge is -2.26. The van der Waals surface area contributed by atoms with Crippen molar-refractivity contribution in [3.63, 3.8) is 0 Å². The number of carbonyl (C=O) groups is 3. The number of nitrogens with one attached hydrogen (secondary N) is 3. The fraction of sp³-hybridized carbons (Fsp3) is 0.290. The number of hydrogen-bond acceptors (Lipinski definition) is 6. The van der Waals surface area contributed by atoms with Gasteiger partial charge in [-0.2, -0.15) is 13.2 Å². The second kappa shape index (κ2) is 12.7. The molecule has 1 aliphatic carbocycles. The van der Waals surface area contributed by atoms with E-state index in [0.717, 1.165) is 29.4 Å². The average molecular weight is 643 g/mol. The van der Waals surface area contributed by atoms with E-state index in [0.29, 0.717) is 24.2 Å². The molecule has 1 aromatic heterocycles. The number of imidazole rings is 1. The molecule has 2 heterocycles. The molecule has 0 spiro atoms. The summed E-state index contributed by atoms with van der Waals surface area (Å²) in [6.45, 7) is 0. The van der Waals surface area contributed by atoms with Crippen LogP contribution in [0.2, 0.25) is 0 Å². The number of nitrogens with zero attached hydrogens (tertiary/aromatic N) is 1. The Hall–Kier alpha value is -4.72. The number of aromatic amines is 1. The summed E-state index contributed by atoms with van der Waals surface area (Å²) in [7, 11) is -3.70. The molecule has 2 aliphatic rings. The Bertz CT molecular complexity index is 1810. The van der Waals surface area contributed by atoms with Gasteiger partial charge in [-0.15, -0.1) is 0 Å².